The molecule has 0 fully saturated rings. The summed E-state index contributed by atoms with van der Waals surface area (Å²) in [5.74, 6) is 1.51. The maximum atomic E-state index is 12.6. The van der Waals surface area contributed by atoms with Crippen molar-refractivity contribution in [1.29, 1.82) is 0 Å². The quantitative estimate of drug-likeness (QED) is 0.514. The monoisotopic (exact) mass is 385 g/mol. The number of ether oxygens (including phenoxy) is 1. The van der Waals surface area contributed by atoms with Crippen molar-refractivity contribution in [3.05, 3.63) is 95.8 Å². The number of carbonyl (C=O) groups excluding carboxylic acids is 1. The molecule has 146 valence electrons. The van der Waals surface area contributed by atoms with Crippen LogP contribution in [0.1, 0.15) is 21.7 Å². The average Bonchev–Trinajstić information content (AvgIpc) is 3.08. The maximum Gasteiger partial charge on any atom is 0.251 e. The van der Waals surface area contributed by atoms with Gasteiger partial charge in [0.1, 0.15) is 18.2 Å². The van der Waals surface area contributed by atoms with Gasteiger partial charge in [0.15, 0.2) is 0 Å². The van der Waals surface area contributed by atoms with Crippen LogP contribution in [0.4, 0.5) is 0 Å². The van der Waals surface area contributed by atoms with Gasteiger partial charge in [-0.2, -0.15) is 0 Å². The number of hydrogen-bond acceptors (Lipinski definition) is 3. The number of nitrogens with one attached hydrogen (secondary N) is 1. The Labute approximate surface area is 170 Å². The fourth-order valence-electron chi connectivity index (χ4n) is 3.33. The van der Waals surface area contributed by atoms with Crippen LogP contribution >= 0.6 is 0 Å². The van der Waals surface area contributed by atoms with Gasteiger partial charge in [0.25, 0.3) is 5.91 Å². The molecule has 1 N–H and O–H groups in total. The van der Waals surface area contributed by atoms with E-state index in [1.54, 1.807) is 12.1 Å². The Morgan fingerprint density at radius 1 is 1.00 bits per heavy atom. The third kappa shape index (κ3) is 4.46. The summed E-state index contributed by atoms with van der Waals surface area (Å²) < 4.78 is 7.94. The third-order valence-electron chi connectivity index (χ3n) is 4.81. The molecular formula is C24H23N3O2. The molecule has 0 aliphatic rings. The van der Waals surface area contributed by atoms with Gasteiger partial charge >= 0.3 is 0 Å². The first-order chi connectivity index (χ1) is 14.2. The Hall–Kier alpha value is -3.60. The minimum absolute atomic E-state index is 0.114. The molecule has 0 aliphatic heterocycles. The van der Waals surface area contributed by atoms with E-state index in [0.29, 0.717) is 31.0 Å². The van der Waals surface area contributed by atoms with Crippen molar-refractivity contribution >= 4 is 16.9 Å². The minimum atomic E-state index is -0.114. The largest absolute Gasteiger partial charge is 0.489 e. The fourth-order valence-corrected chi connectivity index (χ4v) is 3.33. The highest BCUT2D eigenvalue weighted by Gasteiger charge is 2.09. The minimum Gasteiger partial charge on any atom is -0.489 e. The number of rotatable bonds is 7. The predicted molar refractivity (Wildman–Crippen MR) is 114 cm³/mol. The van der Waals surface area contributed by atoms with Crippen LogP contribution in [0.5, 0.6) is 5.75 Å². The summed E-state index contributed by atoms with van der Waals surface area (Å²) in [5.41, 5.74) is 3.73. The zero-order valence-electron chi connectivity index (χ0n) is 16.3. The summed E-state index contributed by atoms with van der Waals surface area (Å²) in [6, 6.07) is 25.2. The first kappa shape index (κ1) is 18.7. The topological polar surface area (TPSA) is 56.2 Å². The van der Waals surface area contributed by atoms with E-state index in [0.717, 1.165) is 22.4 Å². The van der Waals surface area contributed by atoms with Gasteiger partial charge in [0.05, 0.1) is 11.0 Å². The molecule has 0 bridgehead atoms. The van der Waals surface area contributed by atoms with Crippen molar-refractivity contribution in [1.82, 2.24) is 14.9 Å². The molecule has 0 atom stereocenters. The second-order valence-corrected chi connectivity index (χ2v) is 6.86. The molecule has 1 amide bonds. The summed E-state index contributed by atoms with van der Waals surface area (Å²) >= 11 is 0. The van der Waals surface area contributed by atoms with Gasteiger partial charge in [-0.25, -0.2) is 4.98 Å². The first-order valence-corrected chi connectivity index (χ1v) is 9.67. The van der Waals surface area contributed by atoms with Crippen molar-refractivity contribution in [2.45, 2.75) is 20.1 Å². The summed E-state index contributed by atoms with van der Waals surface area (Å²) in [5, 5.41) is 2.99. The van der Waals surface area contributed by atoms with Gasteiger partial charge < -0.3 is 14.6 Å². The molecule has 0 spiro atoms. The van der Waals surface area contributed by atoms with Crippen molar-refractivity contribution < 1.29 is 9.53 Å². The molecule has 29 heavy (non-hydrogen) atoms. The van der Waals surface area contributed by atoms with Crippen LogP contribution in [0.25, 0.3) is 11.0 Å². The van der Waals surface area contributed by atoms with Crippen LogP contribution in [0.2, 0.25) is 0 Å². The van der Waals surface area contributed by atoms with Gasteiger partial charge in [-0.1, -0.05) is 48.5 Å². The Bertz CT molecular complexity index is 1120. The lowest BCUT2D eigenvalue weighted by Gasteiger charge is -2.10. The zero-order valence-corrected chi connectivity index (χ0v) is 16.3. The number of nitrogens with zero attached hydrogens (tertiary/aromatic N) is 2. The maximum absolute atomic E-state index is 12.6. The highest BCUT2D eigenvalue weighted by Crippen LogP contribution is 2.16. The number of fused-ring (bicyclic) bond motifs is 1. The SMILES string of the molecule is Cc1nc2ccccc2n1CCNC(=O)c1cccc(OCc2ccccc2)c1. The van der Waals surface area contributed by atoms with Gasteiger partial charge in [-0.05, 0) is 42.8 Å². The Morgan fingerprint density at radius 2 is 1.79 bits per heavy atom. The standard InChI is InChI=1S/C24H23N3O2/c1-18-26-22-12-5-6-13-23(22)27(18)15-14-25-24(28)20-10-7-11-21(16-20)29-17-19-8-3-2-4-9-19/h2-13,16H,14-15,17H2,1H3,(H,25,28). The second kappa shape index (κ2) is 8.61. The summed E-state index contributed by atoms with van der Waals surface area (Å²) in [4.78, 5) is 17.1. The van der Waals surface area contributed by atoms with Crippen LogP contribution < -0.4 is 10.1 Å². The zero-order chi connectivity index (χ0) is 20.1. The number of imidazole rings is 1. The summed E-state index contributed by atoms with van der Waals surface area (Å²) in [6.07, 6.45) is 0. The number of amides is 1. The number of para-hydroxylation sites is 2. The van der Waals surface area contributed by atoms with Crippen molar-refractivity contribution in [2.24, 2.45) is 0 Å². The lowest BCUT2D eigenvalue weighted by molar-refractivity contribution is 0.0952. The highest BCUT2D eigenvalue weighted by atomic mass is 16.5. The molecule has 0 saturated heterocycles. The van der Waals surface area contributed by atoms with Crippen molar-refractivity contribution in [3.8, 4) is 5.75 Å². The van der Waals surface area contributed by atoms with E-state index in [-0.39, 0.29) is 5.91 Å². The number of carbonyl (C=O) groups is 1. The normalized spacial score (nSPS) is 10.8. The number of hydrogen-bond donors (Lipinski definition) is 1. The first-order valence-electron chi connectivity index (χ1n) is 9.67. The number of benzene rings is 3. The molecule has 0 saturated carbocycles. The smallest absolute Gasteiger partial charge is 0.251 e. The molecule has 0 unspecified atom stereocenters. The van der Waals surface area contributed by atoms with Gasteiger partial charge in [0, 0.05) is 18.7 Å². The number of aryl methyl sites for hydroxylation is 1. The third-order valence-corrected chi connectivity index (χ3v) is 4.81. The van der Waals surface area contributed by atoms with Crippen molar-refractivity contribution in [2.75, 3.05) is 6.54 Å². The lowest BCUT2D eigenvalue weighted by Crippen LogP contribution is -2.27. The Balaban J connectivity index is 1.35. The lowest BCUT2D eigenvalue weighted by atomic mass is 10.2. The van der Waals surface area contributed by atoms with Gasteiger partial charge in [0.2, 0.25) is 0 Å². The molecule has 0 aliphatic carbocycles. The molecule has 0 radical (unpaired) electrons. The van der Waals surface area contributed by atoms with E-state index in [1.807, 2.05) is 73.7 Å². The molecule has 5 heteroatoms. The molecular weight excluding hydrogens is 362 g/mol. The van der Waals surface area contributed by atoms with Crippen LogP contribution in [0.15, 0.2) is 78.9 Å². The Kier molecular flexibility index (Phi) is 5.56. The summed E-state index contributed by atoms with van der Waals surface area (Å²) in [6.45, 7) is 3.64. The van der Waals surface area contributed by atoms with E-state index in [9.17, 15) is 4.79 Å². The van der Waals surface area contributed by atoms with Crippen molar-refractivity contribution in [3.63, 3.8) is 0 Å². The fraction of sp³-hybridized carbons (Fsp3) is 0.167. The average molecular weight is 385 g/mol. The highest BCUT2D eigenvalue weighted by molar-refractivity contribution is 5.94. The summed E-state index contributed by atoms with van der Waals surface area (Å²) in [7, 11) is 0. The molecule has 1 heterocycles. The van der Waals surface area contributed by atoms with Crippen LogP contribution in [-0.2, 0) is 13.2 Å². The van der Waals surface area contributed by atoms with E-state index >= 15 is 0 Å². The molecule has 4 aromatic rings. The Morgan fingerprint density at radius 3 is 2.66 bits per heavy atom. The predicted octanol–water partition coefficient (Wildman–Crippen LogP) is 4.35. The second-order valence-electron chi connectivity index (χ2n) is 6.86. The van der Waals surface area contributed by atoms with E-state index in [2.05, 4.69) is 14.9 Å². The van der Waals surface area contributed by atoms with E-state index in [1.165, 1.54) is 0 Å². The van der Waals surface area contributed by atoms with E-state index < -0.39 is 0 Å². The van der Waals surface area contributed by atoms with Gasteiger partial charge in [-0.3, -0.25) is 4.79 Å². The number of aromatic nitrogens is 2. The molecule has 5 nitrogen and oxygen atoms in total. The van der Waals surface area contributed by atoms with Crippen LogP contribution in [-0.4, -0.2) is 22.0 Å². The van der Waals surface area contributed by atoms with E-state index in [4.69, 9.17) is 4.74 Å². The van der Waals surface area contributed by atoms with Crippen LogP contribution in [0, 0.1) is 6.92 Å². The van der Waals surface area contributed by atoms with Crippen LogP contribution in [0.3, 0.4) is 0 Å². The molecule has 1 aromatic heterocycles. The molecule has 3 aromatic carbocycles. The van der Waals surface area contributed by atoms with Gasteiger partial charge in [-0.15, -0.1) is 0 Å². The molecule has 4 rings (SSSR count).